The third kappa shape index (κ3) is 3.13. The van der Waals surface area contributed by atoms with Crippen LogP contribution in [0.4, 0.5) is 13.2 Å². The van der Waals surface area contributed by atoms with Gasteiger partial charge >= 0.3 is 6.18 Å². The van der Waals surface area contributed by atoms with Gasteiger partial charge in [-0.05, 0) is 12.5 Å². The number of hydrogen-bond acceptors (Lipinski definition) is 2. The van der Waals surface area contributed by atoms with E-state index in [0.29, 0.717) is 10.9 Å². The van der Waals surface area contributed by atoms with E-state index in [9.17, 15) is 13.2 Å². The lowest BCUT2D eigenvalue weighted by Crippen LogP contribution is -2.17. The normalized spacial score (nSPS) is 11.3. The van der Waals surface area contributed by atoms with Gasteiger partial charge in [0.15, 0.2) is 0 Å². The molecule has 2 heterocycles. The highest BCUT2D eigenvalue weighted by molar-refractivity contribution is 6.34. The molecule has 0 aliphatic heterocycles. The SMILES string of the molecule is CC.Cc1cn(CC(F)(F)F)c2ncnc(Cl)c12. The Labute approximate surface area is 108 Å². The summed E-state index contributed by atoms with van der Waals surface area (Å²) in [6.07, 6.45) is -1.76. The van der Waals surface area contributed by atoms with Gasteiger partial charge in [-0.25, -0.2) is 9.97 Å². The van der Waals surface area contributed by atoms with Crippen molar-refractivity contribution in [3.63, 3.8) is 0 Å². The Balaban J connectivity index is 0.000000771. The zero-order valence-corrected chi connectivity index (χ0v) is 11.0. The van der Waals surface area contributed by atoms with Crippen molar-refractivity contribution in [2.45, 2.75) is 33.5 Å². The lowest BCUT2D eigenvalue weighted by molar-refractivity contribution is -0.139. The highest BCUT2D eigenvalue weighted by Crippen LogP contribution is 2.27. The first-order valence-corrected chi connectivity index (χ1v) is 5.79. The molecule has 0 saturated heterocycles. The monoisotopic (exact) mass is 279 g/mol. The largest absolute Gasteiger partial charge is 0.406 e. The Hall–Kier alpha value is -1.30. The van der Waals surface area contributed by atoms with Crippen molar-refractivity contribution in [3.8, 4) is 0 Å². The Bertz CT molecular complexity index is 534. The van der Waals surface area contributed by atoms with Gasteiger partial charge in [0.25, 0.3) is 0 Å². The number of aryl methyl sites for hydroxylation is 1. The van der Waals surface area contributed by atoms with E-state index in [1.807, 2.05) is 13.8 Å². The molecule has 18 heavy (non-hydrogen) atoms. The highest BCUT2D eigenvalue weighted by atomic mass is 35.5. The Kier molecular flexibility index (Phi) is 4.56. The fraction of sp³-hybridized carbons (Fsp3) is 0.455. The molecular formula is C11H13ClF3N3. The molecule has 0 aliphatic rings. The van der Waals surface area contributed by atoms with E-state index in [0.717, 1.165) is 10.9 Å². The van der Waals surface area contributed by atoms with E-state index in [4.69, 9.17) is 11.6 Å². The first-order valence-electron chi connectivity index (χ1n) is 5.41. The molecule has 0 aromatic carbocycles. The standard InChI is InChI=1S/C9H7ClF3N3.C2H6/c1-5-2-16(3-9(11,12)13)8-6(5)7(10)14-4-15-8;1-2/h2,4H,3H2,1H3;1-2H3. The van der Waals surface area contributed by atoms with E-state index in [1.54, 1.807) is 6.92 Å². The van der Waals surface area contributed by atoms with Gasteiger partial charge in [-0.1, -0.05) is 25.4 Å². The van der Waals surface area contributed by atoms with Gasteiger partial charge in [0, 0.05) is 6.20 Å². The van der Waals surface area contributed by atoms with Gasteiger partial charge in [-0.15, -0.1) is 0 Å². The van der Waals surface area contributed by atoms with E-state index >= 15 is 0 Å². The van der Waals surface area contributed by atoms with Gasteiger partial charge in [0.05, 0.1) is 5.39 Å². The highest BCUT2D eigenvalue weighted by Gasteiger charge is 2.29. The average molecular weight is 280 g/mol. The van der Waals surface area contributed by atoms with E-state index in [2.05, 4.69) is 9.97 Å². The molecule has 0 saturated carbocycles. The lowest BCUT2D eigenvalue weighted by atomic mass is 10.3. The third-order valence-corrected chi connectivity index (χ3v) is 2.43. The summed E-state index contributed by atoms with van der Waals surface area (Å²) < 4.78 is 37.9. The maximum Gasteiger partial charge on any atom is 0.406 e. The van der Waals surface area contributed by atoms with Crippen LogP contribution >= 0.6 is 11.6 Å². The molecule has 7 heteroatoms. The first kappa shape index (κ1) is 14.8. The third-order valence-electron chi connectivity index (χ3n) is 2.15. The van der Waals surface area contributed by atoms with Gasteiger partial charge in [-0.2, -0.15) is 13.2 Å². The molecule has 2 aromatic rings. The molecule has 2 aromatic heterocycles. The quantitative estimate of drug-likeness (QED) is 0.739. The van der Waals surface area contributed by atoms with E-state index in [-0.39, 0.29) is 10.8 Å². The lowest BCUT2D eigenvalue weighted by Gasteiger charge is -2.07. The van der Waals surface area contributed by atoms with Gasteiger partial charge in [0.2, 0.25) is 0 Å². The molecule has 0 bridgehead atoms. The maximum atomic E-state index is 12.3. The average Bonchev–Trinajstić information content (AvgIpc) is 2.57. The first-order chi connectivity index (χ1) is 8.38. The van der Waals surface area contributed by atoms with Crippen LogP contribution in [0.5, 0.6) is 0 Å². The van der Waals surface area contributed by atoms with Crippen molar-refractivity contribution < 1.29 is 13.2 Å². The molecule has 3 nitrogen and oxygen atoms in total. The van der Waals surface area contributed by atoms with Crippen LogP contribution in [0.2, 0.25) is 5.15 Å². The van der Waals surface area contributed by atoms with Gasteiger partial charge in [-0.3, -0.25) is 0 Å². The van der Waals surface area contributed by atoms with Crippen LogP contribution in [0.1, 0.15) is 19.4 Å². The van der Waals surface area contributed by atoms with Crippen LogP contribution in [0.3, 0.4) is 0 Å². The number of nitrogens with zero attached hydrogens (tertiary/aromatic N) is 3. The molecule has 0 radical (unpaired) electrons. The predicted octanol–water partition coefficient (Wildman–Crippen LogP) is 3.98. The number of halogens is 4. The van der Waals surface area contributed by atoms with Crippen LogP contribution in [-0.2, 0) is 6.54 Å². The van der Waals surface area contributed by atoms with Crippen molar-refractivity contribution in [3.05, 3.63) is 23.2 Å². The number of rotatable bonds is 1. The summed E-state index contributed by atoms with van der Waals surface area (Å²) in [5.74, 6) is 0. The molecule has 0 atom stereocenters. The second-order valence-electron chi connectivity index (χ2n) is 3.42. The van der Waals surface area contributed by atoms with Crippen molar-refractivity contribution in [2.24, 2.45) is 0 Å². The van der Waals surface area contributed by atoms with Crippen molar-refractivity contribution in [2.75, 3.05) is 0 Å². The fourth-order valence-corrected chi connectivity index (χ4v) is 1.86. The Morgan fingerprint density at radius 3 is 2.44 bits per heavy atom. The Morgan fingerprint density at radius 2 is 1.89 bits per heavy atom. The summed E-state index contributed by atoms with van der Waals surface area (Å²) in [7, 11) is 0. The van der Waals surface area contributed by atoms with Crippen molar-refractivity contribution in [1.82, 2.24) is 14.5 Å². The van der Waals surface area contributed by atoms with E-state index in [1.165, 1.54) is 6.20 Å². The number of alkyl halides is 3. The van der Waals surface area contributed by atoms with Crippen molar-refractivity contribution in [1.29, 1.82) is 0 Å². The van der Waals surface area contributed by atoms with Crippen LogP contribution in [0, 0.1) is 6.92 Å². The second kappa shape index (κ2) is 5.56. The van der Waals surface area contributed by atoms with Crippen LogP contribution in [-0.4, -0.2) is 20.7 Å². The zero-order chi connectivity index (χ0) is 13.9. The molecule has 100 valence electrons. The summed E-state index contributed by atoms with van der Waals surface area (Å²) in [4.78, 5) is 7.55. The summed E-state index contributed by atoms with van der Waals surface area (Å²) >= 11 is 5.80. The molecule has 2 rings (SSSR count). The van der Waals surface area contributed by atoms with Crippen LogP contribution in [0.25, 0.3) is 11.0 Å². The zero-order valence-electron chi connectivity index (χ0n) is 10.2. The summed E-state index contributed by atoms with van der Waals surface area (Å²) in [5, 5.41) is 0.636. The summed E-state index contributed by atoms with van der Waals surface area (Å²) in [6, 6.07) is 0. The number of hydrogen-bond donors (Lipinski definition) is 0. The second-order valence-corrected chi connectivity index (χ2v) is 3.78. The fourth-order valence-electron chi connectivity index (χ4n) is 1.59. The van der Waals surface area contributed by atoms with E-state index < -0.39 is 12.7 Å². The molecule has 0 aliphatic carbocycles. The topological polar surface area (TPSA) is 30.7 Å². The minimum Gasteiger partial charge on any atom is -0.323 e. The molecule has 0 fully saturated rings. The minimum atomic E-state index is -4.28. The smallest absolute Gasteiger partial charge is 0.323 e. The predicted molar refractivity (Wildman–Crippen MR) is 64.7 cm³/mol. The minimum absolute atomic E-state index is 0.170. The van der Waals surface area contributed by atoms with Crippen molar-refractivity contribution >= 4 is 22.6 Å². The summed E-state index contributed by atoms with van der Waals surface area (Å²) in [6.45, 7) is 4.59. The number of aromatic nitrogens is 3. The molecule has 0 N–H and O–H groups in total. The molecular weight excluding hydrogens is 267 g/mol. The molecule has 0 unspecified atom stereocenters. The summed E-state index contributed by atoms with van der Waals surface area (Å²) in [5.41, 5.74) is 0.833. The Morgan fingerprint density at radius 1 is 1.28 bits per heavy atom. The van der Waals surface area contributed by atoms with Gasteiger partial charge < -0.3 is 4.57 Å². The van der Waals surface area contributed by atoms with Crippen LogP contribution < -0.4 is 0 Å². The molecule has 0 spiro atoms. The van der Waals surface area contributed by atoms with Crippen LogP contribution in [0.15, 0.2) is 12.5 Å². The molecule has 0 amide bonds. The number of fused-ring (bicyclic) bond motifs is 1. The van der Waals surface area contributed by atoms with Gasteiger partial charge in [0.1, 0.15) is 23.7 Å². The maximum absolute atomic E-state index is 12.3.